The van der Waals surface area contributed by atoms with E-state index in [0.717, 1.165) is 21.5 Å². The molecule has 0 bridgehead atoms. The van der Waals surface area contributed by atoms with E-state index in [2.05, 4.69) is 25.9 Å². The van der Waals surface area contributed by atoms with Crippen molar-refractivity contribution in [2.45, 2.75) is 0 Å². The van der Waals surface area contributed by atoms with Crippen LogP contribution in [0.2, 0.25) is 0 Å². The van der Waals surface area contributed by atoms with Crippen LogP contribution in [0, 0.1) is 4.77 Å². The Labute approximate surface area is 112 Å². The van der Waals surface area contributed by atoms with E-state index < -0.39 is 0 Å². The summed E-state index contributed by atoms with van der Waals surface area (Å²) >= 11 is 8.42. The Morgan fingerprint density at radius 3 is 2.76 bits per heavy atom. The molecule has 0 unspecified atom stereocenters. The molecule has 0 aliphatic heterocycles. The molecular weight excluding hydrogens is 302 g/mol. The van der Waals surface area contributed by atoms with E-state index in [1.54, 1.807) is 13.2 Å². The van der Waals surface area contributed by atoms with Crippen molar-refractivity contribution in [1.29, 1.82) is 0 Å². The summed E-state index contributed by atoms with van der Waals surface area (Å²) in [5.41, 5.74) is 7.44. The third-order valence-electron chi connectivity index (χ3n) is 2.23. The molecule has 6 heteroatoms. The highest BCUT2D eigenvalue weighted by molar-refractivity contribution is 9.10. The number of methoxy groups -OCH3 is 1. The molecule has 1 aromatic heterocycles. The Balaban J connectivity index is 2.53. The summed E-state index contributed by atoms with van der Waals surface area (Å²) in [7, 11) is 1.62. The molecule has 4 nitrogen and oxygen atoms in total. The van der Waals surface area contributed by atoms with Crippen LogP contribution in [0.4, 0.5) is 5.82 Å². The van der Waals surface area contributed by atoms with Gasteiger partial charge in [0.2, 0.25) is 0 Å². The monoisotopic (exact) mass is 311 g/mol. The lowest BCUT2D eigenvalue weighted by atomic mass is 10.1. The van der Waals surface area contributed by atoms with Gasteiger partial charge in [-0.05, 0) is 51.9 Å². The number of halogens is 1. The van der Waals surface area contributed by atoms with Crippen molar-refractivity contribution in [3.05, 3.63) is 33.5 Å². The molecule has 0 atom stereocenters. The molecule has 2 aromatic rings. The van der Waals surface area contributed by atoms with E-state index in [4.69, 9.17) is 22.7 Å². The SMILES string of the molecule is COc1ccc(-c2cc(N)nc(=S)[nH]2)cc1Br. The molecule has 0 aliphatic carbocycles. The molecular formula is C11H10BrN3OS. The summed E-state index contributed by atoms with van der Waals surface area (Å²) in [5.74, 6) is 1.17. The molecule has 3 N–H and O–H groups in total. The van der Waals surface area contributed by atoms with Crippen LogP contribution < -0.4 is 10.5 Å². The van der Waals surface area contributed by atoms with E-state index in [9.17, 15) is 0 Å². The summed E-state index contributed by atoms with van der Waals surface area (Å²) in [6.45, 7) is 0. The Kier molecular flexibility index (Phi) is 3.44. The lowest BCUT2D eigenvalue weighted by Crippen LogP contribution is -1.94. The van der Waals surface area contributed by atoms with Crippen LogP contribution in [0.3, 0.4) is 0 Å². The van der Waals surface area contributed by atoms with Gasteiger partial charge < -0.3 is 15.5 Å². The fourth-order valence-electron chi connectivity index (χ4n) is 1.47. The number of nitrogens with zero attached hydrogens (tertiary/aromatic N) is 1. The van der Waals surface area contributed by atoms with Gasteiger partial charge in [-0.1, -0.05) is 0 Å². The third-order valence-corrected chi connectivity index (χ3v) is 3.04. The number of aromatic nitrogens is 2. The number of hydrogen-bond acceptors (Lipinski definition) is 4. The fraction of sp³-hybridized carbons (Fsp3) is 0.0909. The quantitative estimate of drug-likeness (QED) is 0.836. The second kappa shape index (κ2) is 4.85. The first kappa shape index (κ1) is 12.1. The molecule has 0 fully saturated rings. The minimum absolute atomic E-state index is 0.368. The molecule has 2 rings (SSSR count). The van der Waals surface area contributed by atoms with Crippen molar-refractivity contribution >= 4 is 34.0 Å². The van der Waals surface area contributed by atoms with Crippen LogP contribution in [0.5, 0.6) is 5.75 Å². The summed E-state index contributed by atoms with van der Waals surface area (Å²) in [6, 6.07) is 7.46. The van der Waals surface area contributed by atoms with Gasteiger partial charge in [-0.25, -0.2) is 4.98 Å². The largest absolute Gasteiger partial charge is 0.496 e. The number of ether oxygens (including phenoxy) is 1. The van der Waals surface area contributed by atoms with Crippen LogP contribution in [0.15, 0.2) is 28.7 Å². The predicted octanol–water partition coefficient (Wildman–Crippen LogP) is 3.16. The Morgan fingerprint density at radius 1 is 1.41 bits per heavy atom. The van der Waals surface area contributed by atoms with E-state index in [0.29, 0.717) is 10.6 Å². The number of nitrogen functional groups attached to an aromatic ring is 1. The Hall–Kier alpha value is -1.40. The maximum absolute atomic E-state index is 5.66. The van der Waals surface area contributed by atoms with Gasteiger partial charge in [0.1, 0.15) is 11.6 Å². The van der Waals surface area contributed by atoms with Gasteiger partial charge in [0.25, 0.3) is 0 Å². The lowest BCUT2D eigenvalue weighted by molar-refractivity contribution is 0.412. The zero-order chi connectivity index (χ0) is 12.4. The van der Waals surface area contributed by atoms with Gasteiger partial charge >= 0.3 is 0 Å². The third kappa shape index (κ3) is 2.65. The fourth-order valence-corrected chi connectivity index (χ4v) is 2.22. The summed E-state index contributed by atoms with van der Waals surface area (Å²) in [5, 5.41) is 0. The molecule has 0 amide bonds. The topological polar surface area (TPSA) is 63.9 Å². The number of nitrogens with one attached hydrogen (secondary N) is 1. The second-order valence-electron chi connectivity index (χ2n) is 3.37. The smallest absolute Gasteiger partial charge is 0.199 e. The Bertz CT molecular complexity index is 612. The Morgan fingerprint density at radius 2 is 2.18 bits per heavy atom. The lowest BCUT2D eigenvalue weighted by Gasteiger charge is -2.07. The molecule has 0 saturated heterocycles. The molecule has 88 valence electrons. The number of H-pyrrole nitrogens is 1. The van der Waals surface area contributed by atoms with Crippen molar-refractivity contribution in [2.24, 2.45) is 0 Å². The van der Waals surface area contributed by atoms with Gasteiger partial charge in [0, 0.05) is 6.07 Å². The summed E-state index contributed by atoms with van der Waals surface area (Å²) in [6.07, 6.45) is 0. The van der Waals surface area contributed by atoms with Gasteiger partial charge in [-0.3, -0.25) is 0 Å². The normalized spacial score (nSPS) is 10.2. The maximum atomic E-state index is 5.66. The van der Waals surface area contributed by atoms with Crippen LogP contribution in [-0.2, 0) is 0 Å². The van der Waals surface area contributed by atoms with Crippen LogP contribution in [0.1, 0.15) is 0 Å². The molecule has 1 aromatic carbocycles. The first-order chi connectivity index (χ1) is 8.10. The number of hydrogen-bond donors (Lipinski definition) is 2. The molecule has 0 radical (unpaired) electrons. The average Bonchev–Trinajstić information content (AvgIpc) is 2.27. The number of benzene rings is 1. The maximum Gasteiger partial charge on any atom is 0.199 e. The van der Waals surface area contributed by atoms with Gasteiger partial charge in [0.05, 0.1) is 17.3 Å². The van der Waals surface area contributed by atoms with Crippen molar-refractivity contribution in [2.75, 3.05) is 12.8 Å². The minimum Gasteiger partial charge on any atom is -0.496 e. The average molecular weight is 312 g/mol. The van der Waals surface area contributed by atoms with Crippen molar-refractivity contribution in [3.8, 4) is 17.0 Å². The molecule has 17 heavy (non-hydrogen) atoms. The number of anilines is 1. The van der Waals surface area contributed by atoms with Gasteiger partial charge in [-0.2, -0.15) is 0 Å². The first-order valence-electron chi connectivity index (χ1n) is 4.81. The second-order valence-corrected chi connectivity index (χ2v) is 4.62. The first-order valence-corrected chi connectivity index (χ1v) is 6.01. The molecule has 0 spiro atoms. The van der Waals surface area contributed by atoms with Crippen molar-refractivity contribution < 1.29 is 4.74 Å². The number of rotatable bonds is 2. The van der Waals surface area contributed by atoms with E-state index >= 15 is 0 Å². The highest BCUT2D eigenvalue weighted by Crippen LogP contribution is 2.29. The van der Waals surface area contributed by atoms with E-state index in [-0.39, 0.29) is 0 Å². The van der Waals surface area contributed by atoms with Crippen molar-refractivity contribution in [1.82, 2.24) is 9.97 Å². The van der Waals surface area contributed by atoms with Crippen LogP contribution >= 0.6 is 28.1 Å². The van der Waals surface area contributed by atoms with Gasteiger partial charge in [-0.15, -0.1) is 0 Å². The zero-order valence-electron chi connectivity index (χ0n) is 9.03. The van der Waals surface area contributed by atoms with E-state index in [1.807, 2.05) is 18.2 Å². The number of aromatic amines is 1. The van der Waals surface area contributed by atoms with Crippen LogP contribution in [-0.4, -0.2) is 17.1 Å². The van der Waals surface area contributed by atoms with Crippen LogP contribution in [0.25, 0.3) is 11.3 Å². The molecule has 1 heterocycles. The molecule has 0 saturated carbocycles. The minimum atomic E-state index is 0.368. The highest BCUT2D eigenvalue weighted by Gasteiger charge is 2.04. The van der Waals surface area contributed by atoms with Gasteiger partial charge in [0.15, 0.2) is 4.77 Å². The number of nitrogens with two attached hydrogens (primary N) is 1. The van der Waals surface area contributed by atoms with Crippen molar-refractivity contribution in [3.63, 3.8) is 0 Å². The zero-order valence-corrected chi connectivity index (χ0v) is 11.4. The standard InChI is InChI=1S/C11H10BrN3OS/c1-16-9-3-2-6(4-7(9)12)8-5-10(13)15-11(17)14-8/h2-5H,1H3,(H3,13,14,15,17). The summed E-state index contributed by atoms with van der Waals surface area (Å²) < 4.78 is 6.40. The predicted molar refractivity (Wildman–Crippen MR) is 73.5 cm³/mol. The highest BCUT2D eigenvalue weighted by atomic mass is 79.9. The molecule has 0 aliphatic rings. The summed E-state index contributed by atoms with van der Waals surface area (Å²) in [4.78, 5) is 6.91. The van der Waals surface area contributed by atoms with E-state index in [1.165, 1.54) is 0 Å².